The molecule has 0 aliphatic carbocycles. The summed E-state index contributed by atoms with van der Waals surface area (Å²) in [5.74, 6) is 1.53. The quantitative estimate of drug-likeness (QED) is 0.880. The fourth-order valence-corrected chi connectivity index (χ4v) is 2.43. The van der Waals surface area contributed by atoms with Crippen LogP contribution in [0.15, 0.2) is 23.0 Å². The first-order valence-corrected chi connectivity index (χ1v) is 6.79. The zero-order valence-corrected chi connectivity index (χ0v) is 13.1. The second-order valence-electron chi connectivity index (χ2n) is 4.76. The lowest BCUT2D eigenvalue weighted by molar-refractivity contribution is 0.325. The SMILES string of the molecule is COc1ccc(-c2cc(C)c(CN)c(=O)[nH]2)c(OC)c1OC. The van der Waals surface area contributed by atoms with E-state index in [1.165, 1.54) is 7.11 Å². The van der Waals surface area contributed by atoms with Crippen molar-refractivity contribution in [1.82, 2.24) is 4.98 Å². The minimum absolute atomic E-state index is 0.199. The van der Waals surface area contributed by atoms with Gasteiger partial charge < -0.3 is 24.9 Å². The van der Waals surface area contributed by atoms with Gasteiger partial charge in [-0.25, -0.2) is 0 Å². The fraction of sp³-hybridized carbons (Fsp3) is 0.312. The van der Waals surface area contributed by atoms with Crippen molar-refractivity contribution in [1.29, 1.82) is 0 Å². The third-order valence-electron chi connectivity index (χ3n) is 3.56. The van der Waals surface area contributed by atoms with Gasteiger partial charge in [-0.2, -0.15) is 0 Å². The molecule has 2 rings (SSSR count). The Labute approximate surface area is 128 Å². The maximum absolute atomic E-state index is 12.1. The maximum atomic E-state index is 12.1. The van der Waals surface area contributed by atoms with Crippen LogP contribution in [0.1, 0.15) is 11.1 Å². The van der Waals surface area contributed by atoms with Gasteiger partial charge in [-0.15, -0.1) is 0 Å². The molecule has 0 saturated carbocycles. The Morgan fingerprint density at radius 2 is 1.77 bits per heavy atom. The molecule has 0 amide bonds. The molecule has 1 aromatic heterocycles. The lowest BCUT2D eigenvalue weighted by atomic mass is 10.0. The molecule has 0 aliphatic heterocycles. The third-order valence-corrected chi connectivity index (χ3v) is 3.56. The van der Waals surface area contributed by atoms with Gasteiger partial charge >= 0.3 is 0 Å². The van der Waals surface area contributed by atoms with Gasteiger partial charge in [0.15, 0.2) is 11.5 Å². The molecular formula is C16H20N2O4. The summed E-state index contributed by atoms with van der Waals surface area (Å²) in [5.41, 5.74) is 8.15. The van der Waals surface area contributed by atoms with Gasteiger partial charge in [0.25, 0.3) is 5.56 Å². The molecule has 0 fully saturated rings. The molecule has 0 atom stereocenters. The molecule has 6 nitrogen and oxygen atoms in total. The average molecular weight is 304 g/mol. The van der Waals surface area contributed by atoms with Crippen LogP contribution < -0.4 is 25.5 Å². The first-order valence-electron chi connectivity index (χ1n) is 6.79. The standard InChI is InChI=1S/C16H20N2O4/c1-9-7-12(18-16(19)11(9)8-17)10-5-6-13(20-2)15(22-4)14(10)21-3/h5-7H,8,17H2,1-4H3,(H,18,19). The summed E-state index contributed by atoms with van der Waals surface area (Å²) in [4.78, 5) is 14.9. The molecule has 0 spiro atoms. The van der Waals surface area contributed by atoms with Crippen LogP contribution in [-0.4, -0.2) is 26.3 Å². The normalized spacial score (nSPS) is 10.4. The molecule has 1 heterocycles. The Morgan fingerprint density at radius 1 is 1.09 bits per heavy atom. The summed E-state index contributed by atoms with van der Waals surface area (Å²) in [5, 5.41) is 0. The van der Waals surface area contributed by atoms with Gasteiger partial charge in [-0.1, -0.05) is 0 Å². The summed E-state index contributed by atoms with van der Waals surface area (Å²) in [6.45, 7) is 2.05. The Morgan fingerprint density at radius 3 is 2.27 bits per heavy atom. The third kappa shape index (κ3) is 2.65. The van der Waals surface area contributed by atoms with E-state index in [0.29, 0.717) is 34.1 Å². The lowest BCUT2D eigenvalue weighted by Gasteiger charge is -2.16. The van der Waals surface area contributed by atoms with Gasteiger partial charge in [0, 0.05) is 17.7 Å². The monoisotopic (exact) mass is 304 g/mol. The molecule has 1 aromatic carbocycles. The molecule has 22 heavy (non-hydrogen) atoms. The second-order valence-corrected chi connectivity index (χ2v) is 4.76. The molecule has 3 N–H and O–H groups in total. The van der Waals surface area contributed by atoms with Gasteiger partial charge in [0.05, 0.1) is 27.0 Å². The molecule has 0 unspecified atom stereocenters. The fourth-order valence-electron chi connectivity index (χ4n) is 2.43. The van der Waals surface area contributed by atoms with E-state index in [1.807, 2.05) is 19.1 Å². The van der Waals surface area contributed by atoms with Gasteiger partial charge in [-0.3, -0.25) is 4.79 Å². The number of H-pyrrole nitrogens is 1. The summed E-state index contributed by atoms with van der Waals surface area (Å²) in [6, 6.07) is 5.45. The molecule has 2 aromatic rings. The Bertz CT molecular complexity index is 738. The average Bonchev–Trinajstić information content (AvgIpc) is 2.52. The van der Waals surface area contributed by atoms with Crippen LogP contribution in [0.5, 0.6) is 17.2 Å². The maximum Gasteiger partial charge on any atom is 0.253 e. The number of benzene rings is 1. The molecular weight excluding hydrogens is 284 g/mol. The molecule has 0 radical (unpaired) electrons. The first kappa shape index (κ1) is 15.9. The highest BCUT2D eigenvalue weighted by Gasteiger charge is 2.18. The van der Waals surface area contributed by atoms with E-state index in [-0.39, 0.29) is 12.1 Å². The van der Waals surface area contributed by atoms with Crippen LogP contribution in [0.25, 0.3) is 11.3 Å². The topological polar surface area (TPSA) is 86.6 Å². The number of nitrogens with one attached hydrogen (secondary N) is 1. The van der Waals surface area contributed by atoms with Gasteiger partial charge in [0.1, 0.15) is 0 Å². The van der Waals surface area contributed by atoms with Crippen molar-refractivity contribution in [2.24, 2.45) is 5.73 Å². The Hall–Kier alpha value is -2.47. The number of aromatic nitrogens is 1. The van der Waals surface area contributed by atoms with Gasteiger partial charge in [0.2, 0.25) is 5.75 Å². The molecule has 0 saturated heterocycles. The molecule has 0 bridgehead atoms. The highest BCUT2D eigenvalue weighted by molar-refractivity contribution is 5.74. The van der Waals surface area contributed by atoms with Crippen LogP contribution in [0.2, 0.25) is 0 Å². The van der Waals surface area contributed by atoms with Crippen molar-refractivity contribution >= 4 is 0 Å². The number of rotatable bonds is 5. The summed E-state index contributed by atoms with van der Waals surface area (Å²) >= 11 is 0. The van der Waals surface area contributed by atoms with Crippen molar-refractivity contribution in [2.45, 2.75) is 13.5 Å². The van der Waals surface area contributed by atoms with Crippen LogP contribution in [0.4, 0.5) is 0 Å². The number of ether oxygens (including phenoxy) is 3. The van der Waals surface area contributed by atoms with Gasteiger partial charge in [-0.05, 0) is 30.7 Å². The summed E-state index contributed by atoms with van der Waals surface area (Å²) in [6.07, 6.45) is 0. The van der Waals surface area contributed by atoms with E-state index in [1.54, 1.807) is 20.3 Å². The Kier molecular flexibility index (Phi) is 4.72. The number of aryl methyl sites for hydroxylation is 1. The van der Waals surface area contributed by atoms with Crippen LogP contribution in [0, 0.1) is 6.92 Å². The summed E-state index contributed by atoms with van der Waals surface area (Å²) in [7, 11) is 4.63. The number of aromatic amines is 1. The predicted octanol–water partition coefficient (Wildman–Crippen LogP) is 1.83. The summed E-state index contributed by atoms with van der Waals surface area (Å²) < 4.78 is 16.1. The minimum Gasteiger partial charge on any atom is -0.493 e. The largest absolute Gasteiger partial charge is 0.493 e. The van der Waals surface area contributed by atoms with E-state index in [9.17, 15) is 4.79 Å². The van der Waals surface area contributed by atoms with Crippen molar-refractivity contribution in [2.75, 3.05) is 21.3 Å². The van der Waals surface area contributed by atoms with E-state index >= 15 is 0 Å². The van der Waals surface area contributed by atoms with Crippen LogP contribution in [-0.2, 0) is 6.54 Å². The Balaban J connectivity index is 2.70. The highest BCUT2D eigenvalue weighted by atomic mass is 16.5. The predicted molar refractivity (Wildman–Crippen MR) is 84.8 cm³/mol. The highest BCUT2D eigenvalue weighted by Crippen LogP contribution is 2.43. The van der Waals surface area contributed by atoms with Crippen molar-refractivity contribution < 1.29 is 14.2 Å². The van der Waals surface area contributed by atoms with Crippen LogP contribution >= 0.6 is 0 Å². The number of hydrogen-bond donors (Lipinski definition) is 2. The van der Waals surface area contributed by atoms with E-state index in [2.05, 4.69) is 4.98 Å². The smallest absolute Gasteiger partial charge is 0.253 e. The zero-order chi connectivity index (χ0) is 16.3. The minimum atomic E-state index is -0.200. The number of pyridine rings is 1. The second kappa shape index (κ2) is 6.53. The van der Waals surface area contributed by atoms with Crippen LogP contribution in [0.3, 0.4) is 0 Å². The van der Waals surface area contributed by atoms with Crippen molar-refractivity contribution in [3.05, 3.63) is 39.7 Å². The van der Waals surface area contributed by atoms with Crippen molar-refractivity contribution in [3.63, 3.8) is 0 Å². The number of hydrogen-bond acceptors (Lipinski definition) is 5. The first-order chi connectivity index (χ1) is 10.6. The molecule has 6 heteroatoms. The van der Waals surface area contributed by atoms with E-state index < -0.39 is 0 Å². The zero-order valence-electron chi connectivity index (χ0n) is 13.1. The van der Waals surface area contributed by atoms with E-state index in [4.69, 9.17) is 19.9 Å². The van der Waals surface area contributed by atoms with Crippen molar-refractivity contribution in [3.8, 4) is 28.5 Å². The molecule has 118 valence electrons. The molecule has 0 aliphatic rings. The number of nitrogens with two attached hydrogens (primary N) is 1. The number of methoxy groups -OCH3 is 3. The lowest BCUT2D eigenvalue weighted by Crippen LogP contribution is -2.18. The van der Waals surface area contributed by atoms with E-state index in [0.717, 1.165) is 5.56 Å².